The van der Waals surface area contributed by atoms with E-state index in [2.05, 4.69) is 33.4 Å². The van der Waals surface area contributed by atoms with Gasteiger partial charge in [0.25, 0.3) is 5.91 Å². The van der Waals surface area contributed by atoms with Gasteiger partial charge in [-0.2, -0.15) is 0 Å². The fourth-order valence-electron chi connectivity index (χ4n) is 2.32. The van der Waals surface area contributed by atoms with Gasteiger partial charge in [-0.3, -0.25) is 4.79 Å². The molecule has 1 aliphatic rings. The number of rotatable bonds is 4. The predicted octanol–water partition coefficient (Wildman–Crippen LogP) is 5.19. The highest BCUT2D eigenvalue weighted by atomic mass is 79.9. The van der Waals surface area contributed by atoms with Gasteiger partial charge in [-0.05, 0) is 51.8 Å². The summed E-state index contributed by atoms with van der Waals surface area (Å²) >= 11 is 7.32. The van der Waals surface area contributed by atoms with E-state index in [9.17, 15) is 4.79 Å². The highest BCUT2D eigenvalue weighted by Crippen LogP contribution is 2.45. The molecule has 1 heterocycles. The Bertz CT molecular complexity index is 717. The molecule has 0 bridgehead atoms. The maximum absolute atomic E-state index is 12.5. The summed E-state index contributed by atoms with van der Waals surface area (Å²) in [5.41, 5.74) is 2.62. The van der Waals surface area contributed by atoms with E-state index in [1.807, 2.05) is 47.8 Å². The molecule has 1 aliphatic heterocycles. The van der Waals surface area contributed by atoms with Crippen LogP contribution in [-0.4, -0.2) is 24.5 Å². The van der Waals surface area contributed by atoms with Crippen LogP contribution < -0.4 is 10.1 Å². The zero-order valence-electron chi connectivity index (χ0n) is 12.5. The summed E-state index contributed by atoms with van der Waals surface area (Å²) in [6.07, 6.45) is 0. The van der Waals surface area contributed by atoms with Gasteiger partial charge in [0, 0.05) is 21.7 Å². The topological polar surface area (TPSA) is 38.3 Å². The van der Waals surface area contributed by atoms with Crippen LogP contribution in [0.25, 0.3) is 0 Å². The van der Waals surface area contributed by atoms with E-state index in [4.69, 9.17) is 4.74 Å². The van der Waals surface area contributed by atoms with Gasteiger partial charge in [-0.1, -0.05) is 12.1 Å². The standard InChI is InChI=1S/C17H16BrNO2S2/c1-21-13-5-6-15(18)14(10-13)16(20)19-12-4-2-3-11(9-12)17-22-7-8-23-17/h2-6,9-10,17H,7-8H2,1H3,(H,19,20). The maximum Gasteiger partial charge on any atom is 0.256 e. The third-order valence-electron chi connectivity index (χ3n) is 3.46. The van der Waals surface area contributed by atoms with Crippen molar-refractivity contribution in [3.05, 3.63) is 58.1 Å². The molecule has 3 rings (SSSR count). The Kier molecular flexibility index (Phi) is 5.56. The summed E-state index contributed by atoms with van der Waals surface area (Å²) < 4.78 is 6.40. The van der Waals surface area contributed by atoms with E-state index >= 15 is 0 Å². The number of nitrogens with one attached hydrogen (secondary N) is 1. The molecule has 0 unspecified atom stereocenters. The number of hydrogen-bond acceptors (Lipinski definition) is 4. The molecule has 0 spiro atoms. The summed E-state index contributed by atoms with van der Waals surface area (Å²) in [4.78, 5) is 12.5. The van der Waals surface area contributed by atoms with E-state index in [0.717, 1.165) is 10.2 Å². The van der Waals surface area contributed by atoms with Crippen LogP contribution in [0.3, 0.4) is 0 Å². The molecular weight excluding hydrogens is 394 g/mol. The third kappa shape index (κ3) is 4.05. The Labute approximate surface area is 152 Å². The number of amides is 1. The monoisotopic (exact) mass is 409 g/mol. The first-order valence-corrected chi connectivity index (χ1v) is 10.0. The fraction of sp³-hybridized carbons (Fsp3) is 0.235. The highest BCUT2D eigenvalue weighted by Gasteiger charge is 2.19. The lowest BCUT2D eigenvalue weighted by Crippen LogP contribution is -2.13. The van der Waals surface area contributed by atoms with Crippen molar-refractivity contribution in [2.45, 2.75) is 4.58 Å². The number of hydrogen-bond donors (Lipinski definition) is 1. The number of halogens is 1. The van der Waals surface area contributed by atoms with Gasteiger partial charge in [-0.15, -0.1) is 23.5 Å². The van der Waals surface area contributed by atoms with Crippen LogP contribution in [0.1, 0.15) is 20.5 Å². The van der Waals surface area contributed by atoms with Crippen molar-refractivity contribution in [1.82, 2.24) is 0 Å². The van der Waals surface area contributed by atoms with Crippen molar-refractivity contribution in [1.29, 1.82) is 0 Å². The molecule has 1 fully saturated rings. The average molecular weight is 410 g/mol. The van der Waals surface area contributed by atoms with E-state index in [-0.39, 0.29) is 5.91 Å². The van der Waals surface area contributed by atoms with Gasteiger partial charge in [0.1, 0.15) is 5.75 Å². The molecular formula is C17H16BrNO2S2. The smallest absolute Gasteiger partial charge is 0.256 e. The number of anilines is 1. The maximum atomic E-state index is 12.5. The van der Waals surface area contributed by atoms with Crippen LogP contribution in [0, 0.1) is 0 Å². The van der Waals surface area contributed by atoms with Crippen molar-refractivity contribution < 1.29 is 9.53 Å². The quantitative estimate of drug-likeness (QED) is 0.753. The SMILES string of the molecule is COc1ccc(Br)c(C(=O)Nc2cccc(C3SCCS3)c2)c1. The summed E-state index contributed by atoms with van der Waals surface area (Å²) in [6, 6.07) is 13.4. The second-order valence-electron chi connectivity index (χ2n) is 5.00. The molecule has 1 N–H and O–H groups in total. The van der Waals surface area contributed by atoms with Crippen LogP contribution in [0.4, 0.5) is 5.69 Å². The summed E-state index contributed by atoms with van der Waals surface area (Å²) in [5.74, 6) is 2.87. The number of carbonyl (C=O) groups is 1. The Hall–Kier alpha value is -1.11. The average Bonchev–Trinajstić information content (AvgIpc) is 3.10. The van der Waals surface area contributed by atoms with E-state index in [0.29, 0.717) is 15.9 Å². The molecule has 0 aliphatic carbocycles. The Morgan fingerprint density at radius 2 is 2.00 bits per heavy atom. The minimum absolute atomic E-state index is 0.153. The second-order valence-corrected chi connectivity index (χ2v) is 8.58. The first kappa shape index (κ1) is 16.7. The van der Waals surface area contributed by atoms with Gasteiger partial charge >= 0.3 is 0 Å². The van der Waals surface area contributed by atoms with Gasteiger partial charge in [0.2, 0.25) is 0 Å². The normalized spacial score (nSPS) is 14.7. The van der Waals surface area contributed by atoms with Crippen molar-refractivity contribution in [3.63, 3.8) is 0 Å². The largest absolute Gasteiger partial charge is 0.497 e. The van der Waals surface area contributed by atoms with Crippen LogP contribution in [0.15, 0.2) is 46.9 Å². The first-order valence-electron chi connectivity index (χ1n) is 7.15. The van der Waals surface area contributed by atoms with E-state index in [1.54, 1.807) is 13.2 Å². The van der Waals surface area contributed by atoms with Gasteiger partial charge in [0.05, 0.1) is 17.3 Å². The molecule has 3 nitrogen and oxygen atoms in total. The van der Waals surface area contributed by atoms with Crippen LogP contribution in [0.5, 0.6) is 5.75 Å². The van der Waals surface area contributed by atoms with Crippen LogP contribution >= 0.6 is 39.5 Å². The van der Waals surface area contributed by atoms with Gasteiger partial charge in [-0.25, -0.2) is 0 Å². The molecule has 0 saturated carbocycles. The molecule has 1 saturated heterocycles. The molecule has 0 radical (unpaired) electrons. The molecule has 0 aromatic heterocycles. The molecule has 120 valence electrons. The van der Waals surface area contributed by atoms with Crippen molar-refractivity contribution in [2.75, 3.05) is 23.9 Å². The molecule has 23 heavy (non-hydrogen) atoms. The van der Waals surface area contributed by atoms with Crippen LogP contribution in [-0.2, 0) is 0 Å². The summed E-state index contributed by atoms with van der Waals surface area (Å²) in [7, 11) is 1.59. The number of benzene rings is 2. The Balaban J connectivity index is 1.79. The highest BCUT2D eigenvalue weighted by molar-refractivity contribution is 9.10. The molecule has 2 aromatic carbocycles. The van der Waals surface area contributed by atoms with Gasteiger partial charge < -0.3 is 10.1 Å². The molecule has 1 amide bonds. The lowest BCUT2D eigenvalue weighted by molar-refractivity contribution is 0.102. The molecule has 0 atom stereocenters. The zero-order chi connectivity index (χ0) is 16.2. The van der Waals surface area contributed by atoms with Crippen molar-refractivity contribution in [2.24, 2.45) is 0 Å². The Morgan fingerprint density at radius 1 is 1.22 bits per heavy atom. The third-order valence-corrected chi connectivity index (χ3v) is 7.25. The summed E-state index contributed by atoms with van der Waals surface area (Å²) in [5, 5.41) is 2.97. The minimum Gasteiger partial charge on any atom is -0.497 e. The van der Waals surface area contributed by atoms with Crippen molar-refractivity contribution in [3.8, 4) is 5.75 Å². The first-order chi connectivity index (χ1) is 11.2. The van der Waals surface area contributed by atoms with E-state index in [1.165, 1.54) is 17.1 Å². The summed E-state index contributed by atoms with van der Waals surface area (Å²) in [6.45, 7) is 0. The number of carbonyl (C=O) groups excluding carboxylic acids is 1. The Morgan fingerprint density at radius 3 is 2.74 bits per heavy atom. The lowest BCUT2D eigenvalue weighted by Gasteiger charge is -2.12. The van der Waals surface area contributed by atoms with Gasteiger partial charge in [0.15, 0.2) is 0 Å². The van der Waals surface area contributed by atoms with E-state index < -0.39 is 0 Å². The molecule has 2 aromatic rings. The predicted molar refractivity (Wildman–Crippen MR) is 103 cm³/mol. The number of thioether (sulfide) groups is 2. The number of ether oxygens (including phenoxy) is 1. The molecule has 6 heteroatoms. The lowest BCUT2D eigenvalue weighted by atomic mass is 10.1. The van der Waals surface area contributed by atoms with Crippen molar-refractivity contribution >= 4 is 51.0 Å². The minimum atomic E-state index is -0.153. The second kappa shape index (κ2) is 7.64. The van der Waals surface area contributed by atoms with Crippen LogP contribution in [0.2, 0.25) is 0 Å². The number of methoxy groups -OCH3 is 1. The zero-order valence-corrected chi connectivity index (χ0v) is 15.8. The fourth-order valence-corrected chi connectivity index (χ4v) is 5.58.